The van der Waals surface area contributed by atoms with Crippen molar-refractivity contribution in [3.63, 3.8) is 0 Å². The van der Waals surface area contributed by atoms with Crippen molar-refractivity contribution in [3.05, 3.63) is 12.2 Å². The molecule has 0 aliphatic heterocycles. The fraction of sp³-hybridized carbons (Fsp3) is 0.778. The third kappa shape index (κ3) is 12.1. The molecule has 0 aromatic carbocycles. The molecule has 1 aromatic rings. The highest BCUT2D eigenvalue weighted by Crippen LogP contribution is 1.98. The number of hydrogen-bond donors (Lipinski definition) is 3. The minimum absolute atomic E-state index is 0. The molecular weight excluding hydrogens is 473 g/mol. The predicted octanol–water partition coefficient (Wildman–Crippen LogP) is 1.34. The number of carbonyl (C=O) groups is 1. The van der Waals surface area contributed by atoms with Gasteiger partial charge in [-0.25, -0.2) is 4.99 Å². The largest absolute Gasteiger partial charge is 0.382 e. The van der Waals surface area contributed by atoms with E-state index in [0.29, 0.717) is 25.7 Å². The molecule has 0 radical (unpaired) electrons. The summed E-state index contributed by atoms with van der Waals surface area (Å²) in [6.45, 7) is 13.5. The molecule has 3 N–H and O–H groups in total. The Morgan fingerprint density at radius 1 is 1.25 bits per heavy atom. The van der Waals surface area contributed by atoms with Crippen LogP contribution in [0.5, 0.6) is 0 Å². The summed E-state index contributed by atoms with van der Waals surface area (Å²) >= 11 is 0. The van der Waals surface area contributed by atoms with E-state index in [1.807, 2.05) is 32.3 Å². The van der Waals surface area contributed by atoms with E-state index in [1.165, 1.54) is 0 Å². The average molecular weight is 509 g/mol. The Labute approximate surface area is 185 Å². The van der Waals surface area contributed by atoms with Crippen LogP contribution in [0.1, 0.15) is 46.9 Å². The zero-order valence-corrected chi connectivity index (χ0v) is 20.1. The normalized spacial score (nSPS) is 11.7. The van der Waals surface area contributed by atoms with Crippen LogP contribution in [0.4, 0.5) is 0 Å². The summed E-state index contributed by atoms with van der Waals surface area (Å²) in [5, 5.41) is 17.4. The molecule has 9 nitrogen and oxygen atoms in total. The van der Waals surface area contributed by atoms with Crippen molar-refractivity contribution in [1.82, 2.24) is 30.7 Å². The third-order valence-corrected chi connectivity index (χ3v) is 3.51. The molecule has 10 heteroatoms. The number of guanidine groups is 1. The minimum atomic E-state index is -0.268. The van der Waals surface area contributed by atoms with Crippen LogP contribution < -0.4 is 16.0 Å². The molecule has 162 valence electrons. The van der Waals surface area contributed by atoms with E-state index < -0.39 is 0 Å². The molecule has 0 saturated heterocycles. The Balaban J connectivity index is 0.00000729. The number of amides is 1. The lowest BCUT2D eigenvalue weighted by molar-refractivity contribution is -0.121. The average Bonchev–Trinajstić information content (AvgIpc) is 3.04. The van der Waals surface area contributed by atoms with Gasteiger partial charge in [-0.2, -0.15) is 0 Å². The van der Waals surface area contributed by atoms with Gasteiger partial charge >= 0.3 is 0 Å². The monoisotopic (exact) mass is 509 g/mol. The van der Waals surface area contributed by atoms with Gasteiger partial charge in [0.25, 0.3) is 0 Å². The summed E-state index contributed by atoms with van der Waals surface area (Å²) in [6, 6.07) is 0. The van der Waals surface area contributed by atoms with Gasteiger partial charge in [0.1, 0.15) is 18.7 Å². The Kier molecular flexibility index (Phi) is 13.8. The lowest BCUT2D eigenvalue weighted by Gasteiger charge is -2.20. The molecule has 0 aliphatic rings. The van der Waals surface area contributed by atoms with Gasteiger partial charge in [-0.15, -0.1) is 34.2 Å². The van der Waals surface area contributed by atoms with E-state index in [1.54, 1.807) is 6.33 Å². The molecule has 0 saturated carbocycles. The van der Waals surface area contributed by atoms with E-state index in [0.717, 1.165) is 31.8 Å². The summed E-state index contributed by atoms with van der Waals surface area (Å²) in [7, 11) is 0. The SMILES string of the molecule is CCOCCCNC(=NCC(=O)NC(C)(C)C)NCCn1cnnc1CC.I. The first kappa shape index (κ1) is 26.6. The molecule has 28 heavy (non-hydrogen) atoms. The maximum Gasteiger partial charge on any atom is 0.242 e. The van der Waals surface area contributed by atoms with Crippen molar-refractivity contribution in [3.8, 4) is 0 Å². The second kappa shape index (κ2) is 14.6. The van der Waals surface area contributed by atoms with Crippen LogP contribution in [0.3, 0.4) is 0 Å². The minimum Gasteiger partial charge on any atom is -0.382 e. The maximum absolute atomic E-state index is 12.0. The number of hydrogen-bond acceptors (Lipinski definition) is 5. The van der Waals surface area contributed by atoms with Gasteiger partial charge in [-0.1, -0.05) is 6.92 Å². The second-order valence-corrected chi connectivity index (χ2v) is 7.16. The fourth-order valence-corrected chi connectivity index (χ4v) is 2.34. The van der Waals surface area contributed by atoms with E-state index >= 15 is 0 Å². The van der Waals surface area contributed by atoms with Crippen molar-refractivity contribution in [2.45, 2.75) is 59.5 Å². The fourth-order valence-electron chi connectivity index (χ4n) is 2.34. The Bertz CT molecular complexity index is 585. The lowest BCUT2D eigenvalue weighted by atomic mass is 10.1. The highest BCUT2D eigenvalue weighted by molar-refractivity contribution is 14.0. The summed E-state index contributed by atoms with van der Waals surface area (Å²) in [6.07, 6.45) is 3.43. The number of halogens is 1. The van der Waals surface area contributed by atoms with Crippen LogP contribution in [0.25, 0.3) is 0 Å². The van der Waals surface area contributed by atoms with Gasteiger partial charge in [0.2, 0.25) is 5.91 Å². The Morgan fingerprint density at radius 3 is 2.61 bits per heavy atom. The van der Waals surface area contributed by atoms with Crippen LogP contribution in [0.15, 0.2) is 11.3 Å². The van der Waals surface area contributed by atoms with Crippen molar-refractivity contribution in [1.29, 1.82) is 0 Å². The summed E-state index contributed by atoms with van der Waals surface area (Å²) in [5.74, 6) is 1.45. The van der Waals surface area contributed by atoms with Crippen molar-refractivity contribution >= 4 is 35.8 Å². The molecule has 0 atom stereocenters. The molecule has 1 amide bonds. The van der Waals surface area contributed by atoms with Gasteiger partial charge in [0.15, 0.2) is 5.96 Å². The molecule has 1 rings (SSSR count). The molecule has 1 aromatic heterocycles. The molecule has 0 bridgehead atoms. The quantitative estimate of drug-likeness (QED) is 0.180. The van der Waals surface area contributed by atoms with Crippen molar-refractivity contribution in [2.24, 2.45) is 4.99 Å². The van der Waals surface area contributed by atoms with Crippen molar-refractivity contribution in [2.75, 3.05) is 32.8 Å². The predicted molar refractivity (Wildman–Crippen MR) is 122 cm³/mol. The number of ether oxygens (including phenoxy) is 1. The van der Waals surface area contributed by atoms with Crippen molar-refractivity contribution < 1.29 is 9.53 Å². The van der Waals surface area contributed by atoms with Crippen LogP contribution >= 0.6 is 24.0 Å². The molecule has 0 unspecified atom stereocenters. The smallest absolute Gasteiger partial charge is 0.242 e. The first-order valence-corrected chi connectivity index (χ1v) is 9.63. The second-order valence-electron chi connectivity index (χ2n) is 7.16. The number of aryl methyl sites for hydroxylation is 1. The number of rotatable bonds is 11. The summed E-state index contributed by atoms with van der Waals surface area (Å²) in [5.41, 5.74) is -0.268. The van der Waals surface area contributed by atoms with E-state index in [9.17, 15) is 4.79 Å². The molecule has 0 aliphatic carbocycles. The topological polar surface area (TPSA) is 105 Å². The van der Waals surface area contributed by atoms with Gasteiger partial charge in [-0.3, -0.25) is 4.79 Å². The molecule has 0 spiro atoms. The Morgan fingerprint density at radius 2 is 1.96 bits per heavy atom. The highest BCUT2D eigenvalue weighted by Gasteiger charge is 2.13. The van der Waals surface area contributed by atoms with E-state index in [2.05, 4.69) is 38.1 Å². The van der Waals surface area contributed by atoms with E-state index in [-0.39, 0.29) is 42.0 Å². The number of carbonyl (C=O) groups excluding carboxylic acids is 1. The first-order chi connectivity index (χ1) is 12.9. The lowest BCUT2D eigenvalue weighted by Crippen LogP contribution is -2.43. The highest BCUT2D eigenvalue weighted by atomic mass is 127. The van der Waals surface area contributed by atoms with Crippen LogP contribution in [-0.4, -0.2) is 65.0 Å². The summed E-state index contributed by atoms with van der Waals surface area (Å²) in [4.78, 5) is 16.4. The first-order valence-electron chi connectivity index (χ1n) is 9.63. The standard InChI is InChI=1S/C18H35N7O2.HI/c1-6-15-24-22-14-25(15)11-10-20-17(19-9-8-12-27-7-2)21-13-16(26)23-18(3,4)5;/h14H,6-13H2,1-5H3,(H,23,26)(H2,19,20,21);1H. The van der Waals surface area contributed by atoms with Gasteiger partial charge < -0.3 is 25.3 Å². The maximum atomic E-state index is 12.0. The molecule has 1 heterocycles. The zero-order chi connectivity index (χ0) is 20.1. The molecule has 0 fully saturated rings. The van der Waals surface area contributed by atoms with Crippen LogP contribution in [0.2, 0.25) is 0 Å². The third-order valence-electron chi connectivity index (χ3n) is 3.51. The number of aromatic nitrogens is 3. The van der Waals surface area contributed by atoms with E-state index in [4.69, 9.17) is 4.74 Å². The van der Waals surface area contributed by atoms with Gasteiger partial charge in [0, 0.05) is 44.8 Å². The number of nitrogens with zero attached hydrogens (tertiary/aromatic N) is 4. The Hall–Kier alpha value is -1.43. The summed E-state index contributed by atoms with van der Waals surface area (Å²) < 4.78 is 7.35. The van der Waals surface area contributed by atoms with Gasteiger partial charge in [0.05, 0.1) is 0 Å². The molecular formula is C18H36IN7O2. The number of aliphatic imine (C=N–C) groups is 1. The van der Waals surface area contributed by atoms with Gasteiger partial charge in [-0.05, 0) is 34.1 Å². The van der Waals surface area contributed by atoms with Crippen LogP contribution in [0, 0.1) is 0 Å². The zero-order valence-electron chi connectivity index (χ0n) is 17.7. The number of nitrogens with one attached hydrogen (secondary N) is 3. The van der Waals surface area contributed by atoms with Crippen LogP contribution in [-0.2, 0) is 22.5 Å².